The van der Waals surface area contributed by atoms with E-state index < -0.39 is 0 Å². The molecule has 3 aromatic rings. The average molecular weight is 424 g/mol. The lowest BCUT2D eigenvalue weighted by molar-refractivity contribution is -0.120. The number of aromatic nitrogens is 1. The molecule has 2 aromatic carbocycles. The maximum atomic E-state index is 12.9. The van der Waals surface area contributed by atoms with E-state index in [1.807, 2.05) is 6.92 Å². The molecule has 3 rings (SSSR count). The van der Waals surface area contributed by atoms with Gasteiger partial charge in [-0.15, -0.1) is 0 Å². The van der Waals surface area contributed by atoms with Gasteiger partial charge in [0, 0.05) is 43.3 Å². The summed E-state index contributed by atoms with van der Waals surface area (Å²) in [6.45, 7) is 6.56. The number of rotatable bonds is 9. The fourth-order valence-electron chi connectivity index (χ4n) is 3.37. The summed E-state index contributed by atoms with van der Waals surface area (Å²) in [6.07, 6.45) is 3.13. The zero-order chi connectivity index (χ0) is 22.1. The molecule has 0 spiro atoms. The summed E-state index contributed by atoms with van der Waals surface area (Å²) in [5.41, 5.74) is 4.43. The van der Waals surface area contributed by atoms with Crippen molar-refractivity contribution in [2.24, 2.45) is 4.99 Å². The number of nitrogens with one attached hydrogen (secondary N) is 4. The van der Waals surface area contributed by atoms with E-state index in [9.17, 15) is 9.18 Å². The second kappa shape index (κ2) is 11.2. The molecule has 0 atom stereocenters. The van der Waals surface area contributed by atoms with Crippen LogP contribution in [0.25, 0.3) is 10.9 Å². The Kier molecular flexibility index (Phi) is 8.04. The van der Waals surface area contributed by atoms with E-state index in [1.54, 1.807) is 12.1 Å². The van der Waals surface area contributed by atoms with Gasteiger partial charge < -0.3 is 20.9 Å². The Morgan fingerprint density at radius 2 is 1.84 bits per heavy atom. The molecule has 0 saturated carbocycles. The summed E-state index contributed by atoms with van der Waals surface area (Å²) in [4.78, 5) is 20.0. The molecule has 6 nitrogen and oxygen atoms in total. The number of benzene rings is 2. The maximum Gasteiger partial charge on any atom is 0.224 e. The van der Waals surface area contributed by atoms with Crippen LogP contribution < -0.4 is 16.0 Å². The first-order valence-electron chi connectivity index (χ1n) is 10.6. The van der Waals surface area contributed by atoms with Crippen molar-refractivity contribution < 1.29 is 9.18 Å². The van der Waals surface area contributed by atoms with Crippen molar-refractivity contribution in [1.82, 2.24) is 20.9 Å². The summed E-state index contributed by atoms with van der Waals surface area (Å²) in [6, 6.07) is 12.4. The lowest BCUT2D eigenvalue weighted by Gasteiger charge is -2.12. The van der Waals surface area contributed by atoms with Crippen molar-refractivity contribution in [2.45, 2.75) is 26.7 Å². The number of hydrogen-bond donors (Lipinski definition) is 4. The molecular weight excluding hydrogens is 393 g/mol. The highest BCUT2D eigenvalue weighted by Crippen LogP contribution is 2.19. The van der Waals surface area contributed by atoms with Gasteiger partial charge in [0.2, 0.25) is 5.91 Å². The summed E-state index contributed by atoms with van der Waals surface area (Å²) in [7, 11) is 0. The van der Waals surface area contributed by atoms with E-state index in [4.69, 9.17) is 0 Å². The molecule has 31 heavy (non-hydrogen) atoms. The Labute approximate surface area is 182 Å². The number of fused-ring (bicyclic) bond motifs is 1. The monoisotopic (exact) mass is 423 g/mol. The predicted octanol–water partition coefficient (Wildman–Crippen LogP) is 3.07. The van der Waals surface area contributed by atoms with Crippen molar-refractivity contribution >= 4 is 22.8 Å². The van der Waals surface area contributed by atoms with E-state index in [2.05, 4.69) is 57.2 Å². The van der Waals surface area contributed by atoms with Crippen LogP contribution in [0.2, 0.25) is 0 Å². The van der Waals surface area contributed by atoms with E-state index in [1.165, 1.54) is 28.6 Å². The van der Waals surface area contributed by atoms with Crippen molar-refractivity contribution in [3.63, 3.8) is 0 Å². The third-order valence-electron chi connectivity index (χ3n) is 4.94. The minimum Gasteiger partial charge on any atom is -0.361 e. The number of aryl methyl sites for hydroxylation is 1. The molecule has 0 bridgehead atoms. The number of carbonyl (C=O) groups excluding carboxylic acids is 1. The number of guanidine groups is 1. The molecule has 1 heterocycles. The fourth-order valence-corrected chi connectivity index (χ4v) is 3.37. The number of H-pyrrole nitrogens is 1. The Morgan fingerprint density at radius 1 is 1.06 bits per heavy atom. The molecular formula is C24H30FN5O. The van der Waals surface area contributed by atoms with Gasteiger partial charge in [-0.25, -0.2) is 4.39 Å². The van der Waals surface area contributed by atoms with Crippen LogP contribution in [0, 0.1) is 12.7 Å². The minimum atomic E-state index is -0.302. The quantitative estimate of drug-likeness (QED) is 0.243. The number of halogens is 1. The number of hydrogen-bond acceptors (Lipinski definition) is 2. The molecule has 0 aliphatic heterocycles. The Morgan fingerprint density at radius 3 is 2.61 bits per heavy atom. The molecule has 1 amide bonds. The first-order chi connectivity index (χ1) is 15.0. The van der Waals surface area contributed by atoms with Crippen LogP contribution in [0.15, 0.2) is 53.7 Å². The molecule has 164 valence electrons. The second-order valence-corrected chi connectivity index (χ2v) is 7.45. The third kappa shape index (κ3) is 6.84. The van der Waals surface area contributed by atoms with Crippen molar-refractivity contribution in [3.05, 3.63) is 71.2 Å². The summed E-state index contributed by atoms with van der Waals surface area (Å²) in [5.74, 6) is 0.333. The summed E-state index contributed by atoms with van der Waals surface area (Å²) >= 11 is 0. The Hall–Kier alpha value is -3.35. The largest absolute Gasteiger partial charge is 0.361 e. The second-order valence-electron chi connectivity index (χ2n) is 7.45. The van der Waals surface area contributed by atoms with Gasteiger partial charge in [-0.05, 0) is 55.2 Å². The fraction of sp³-hybridized carbons (Fsp3) is 0.333. The number of aliphatic imine (C=N–C) groups is 1. The van der Waals surface area contributed by atoms with Crippen LogP contribution in [-0.4, -0.2) is 43.0 Å². The molecule has 0 aliphatic carbocycles. The van der Waals surface area contributed by atoms with Gasteiger partial charge in [0.25, 0.3) is 0 Å². The zero-order valence-electron chi connectivity index (χ0n) is 18.1. The van der Waals surface area contributed by atoms with Crippen LogP contribution >= 0.6 is 0 Å². The normalized spacial score (nSPS) is 11.5. The highest BCUT2D eigenvalue weighted by Gasteiger charge is 2.05. The van der Waals surface area contributed by atoms with Gasteiger partial charge in [0.1, 0.15) is 5.82 Å². The lowest BCUT2D eigenvalue weighted by atomic mass is 10.1. The molecule has 0 aliphatic rings. The Bertz CT molecular complexity index is 1030. The maximum absolute atomic E-state index is 12.9. The van der Waals surface area contributed by atoms with Gasteiger partial charge in [0.05, 0.1) is 6.42 Å². The number of nitrogens with zero attached hydrogens (tertiary/aromatic N) is 1. The van der Waals surface area contributed by atoms with Crippen LogP contribution in [0.3, 0.4) is 0 Å². The van der Waals surface area contributed by atoms with Gasteiger partial charge in [-0.1, -0.05) is 24.3 Å². The lowest BCUT2D eigenvalue weighted by Crippen LogP contribution is -2.41. The Balaban J connectivity index is 1.42. The molecule has 0 fully saturated rings. The van der Waals surface area contributed by atoms with E-state index in [0.717, 1.165) is 30.0 Å². The summed E-state index contributed by atoms with van der Waals surface area (Å²) in [5, 5.41) is 10.6. The SMILES string of the molecule is CCNC(=NCCc1c[nH]c2cc(C)ccc12)NCCNC(=O)Cc1ccc(F)cc1. The number of amides is 1. The van der Waals surface area contributed by atoms with Crippen LogP contribution in [-0.2, 0) is 17.6 Å². The predicted molar refractivity (Wildman–Crippen MR) is 124 cm³/mol. The molecule has 4 N–H and O–H groups in total. The van der Waals surface area contributed by atoms with Crippen LogP contribution in [0.1, 0.15) is 23.6 Å². The minimum absolute atomic E-state index is 0.0927. The van der Waals surface area contributed by atoms with E-state index in [0.29, 0.717) is 19.6 Å². The van der Waals surface area contributed by atoms with E-state index in [-0.39, 0.29) is 18.1 Å². The standard InChI is InChI=1S/C24H30FN5O/c1-3-26-24(28-11-10-19-16-30-22-14-17(2)4-9-21(19)22)29-13-12-27-23(31)15-18-5-7-20(25)8-6-18/h4-9,14,16,30H,3,10-13,15H2,1-2H3,(H,27,31)(H2,26,28,29). The highest BCUT2D eigenvalue weighted by molar-refractivity contribution is 5.84. The molecule has 0 unspecified atom stereocenters. The first kappa shape index (κ1) is 22.3. The molecule has 7 heteroatoms. The van der Waals surface area contributed by atoms with E-state index >= 15 is 0 Å². The van der Waals surface area contributed by atoms with Crippen molar-refractivity contribution in [3.8, 4) is 0 Å². The average Bonchev–Trinajstić information content (AvgIpc) is 3.14. The van der Waals surface area contributed by atoms with Gasteiger partial charge in [-0.3, -0.25) is 9.79 Å². The summed E-state index contributed by atoms with van der Waals surface area (Å²) < 4.78 is 12.9. The van der Waals surface area contributed by atoms with Crippen molar-refractivity contribution in [2.75, 3.05) is 26.2 Å². The topological polar surface area (TPSA) is 81.3 Å². The zero-order valence-corrected chi connectivity index (χ0v) is 18.1. The number of carbonyl (C=O) groups is 1. The smallest absolute Gasteiger partial charge is 0.224 e. The third-order valence-corrected chi connectivity index (χ3v) is 4.94. The molecule has 1 aromatic heterocycles. The first-order valence-corrected chi connectivity index (χ1v) is 10.6. The van der Waals surface area contributed by atoms with Gasteiger partial charge in [0.15, 0.2) is 5.96 Å². The molecule has 0 saturated heterocycles. The highest BCUT2D eigenvalue weighted by atomic mass is 19.1. The van der Waals surface area contributed by atoms with Gasteiger partial charge >= 0.3 is 0 Å². The molecule has 0 radical (unpaired) electrons. The number of aromatic amines is 1. The van der Waals surface area contributed by atoms with Crippen molar-refractivity contribution in [1.29, 1.82) is 0 Å². The van der Waals surface area contributed by atoms with Crippen LogP contribution in [0.5, 0.6) is 0 Å². The van der Waals surface area contributed by atoms with Crippen LogP contribution in [0.4, 0.5) is 4.39 Å². The van der Waals surface area contributed by atoms with Gasteiger partial charge in [-0.2, -0.15) is 0 Å².